The SMILES string of the molecule is O=C(NCC1Cc2ccccc2CO1)c1cccc(OC(F)(F)F)c1. The van der Waals surface area contributed by atoms with E-state index >= 15 is 0 Å². The highest BCUT2D eigenvalue weighted by molar-refractivity contribution is 5.94. The van der Waals surface area contributed by atoms with Gasteiger partial charge in [0.05, 0.1) is 12.7 Å². The van der Waals surface area contributed by atoms with E-state index in [-0.39, 0.29) is 18.2 Å². The Morgan fingerprint density at radius 2 is 1.92 bits per heavy atom. The van der Waals surface area contributed by atoms with Crippen LogP contribution in [0.3, 0.4) is 0 Å². The highest BCUT2D eigenvalue weighted by Crippen LogP contribution is 2.23. The normalized spacial score (nSPS) is 16.8. The van der Waals surface area contributed by atoms with Crippen molar-refractivity contribution in [1.29, 1.82) is 0 Å². The van der Waals surface area contributed by atoms with Crippen LogP contribution in [0.15, 0.2) is 48.5 Å². The zero-order valence-corrected chi connectivity index (χ0v) is 13.2. The number of amides is 1. The van der Waals surface area contributed by atoms with Gasteiger partial charge in [-0.15, -0.1) is 13.2 Å². The van der Waals surface area contributed by atoms with Crippen LogP contribution in [0.2, 0.25) is 0 Å². The van der Waals surface area contributed by atoms with Gasteiger partial charge in [-0.05, 0) is 29.3 Å². The molecule has 0 aromatic heterocycles. The number of hydrogen-bond donors (Lipinski definition) is 1. The lowest BCUT2D eigenvalue weighted by Crippen LogP contribution is -2.36. The van der Waals surface area contributed by atoms with E-state index in [1.807, 2.05) is 24.3 Å². The predicted molar refractivity (Wildman–Crippen MR) is 84.2 cm³/mol. The molecule has 0 aliphatic carbocycles. The lowest BCUT2D eigenvalue weighted by atomic mass is 9.99. The van der Waals surface area contributed by atoms with E-state index in [1.54, 1.807) is 0 Å². The number of ether oxygens (including phenoxy) is 2. The molecule has 0 saturated carbocycles. The van der Waals surface area contributed by atoms with Gasteiger partial charge < -0.3 is 14.8 Å². The molecule has 1 aliphatic rings. The van der Waals surface area contributed by atoms with Crippen LogP contribution in [0.1, 0.15) is 21.5 Å². The van der Waals surface area contributed by atoms with Crippen molar-refractivity contribution in [3.8, 4) is 5.75 Å². The number of benzene rings is 2. The number of carbonyl (C=O) groups excluding carboxylic acids is 1. The number of fused-ring (bicyclic) bond motifs is 1. The molecular formula is C18H16F3NO3. The van der Waals surface area contributed by atoms with E-state index < -0.39 is 18.0 Å². The minimum atomic E-state index is -4.79. The van der Waals surface area contributed by atoms with Gasteiger partial charge >= 0.3 is 6.36 Å². The molecule has 1 atom stereocenters. The van der Waals surface area contributed by atoms with Crippen LogP contribution in [0.25, 0.3) is 0 Å². The fourth-order valence-corrected chi connectivity index (χ4v) is 2.68. The molecule has 1 amide bonds. The summed E-state index contributed by atoms with van der Waals surface area (Å²) in [5, 5.41) is 2.69. The molecule has 2 aromatic rings. The topological polar surface area (TPSA) is 47.6 Å². The van der Waals surface area contributed by atoms with Gasteiger partial charge in [-0.1, -0.05) is 30.3 Å². The van der Waals surface area contributed by atoms with Gasteiger partial charge in [0.1, 0.15) is 5.75 Å². The van der Waals surface area contributed by atoms with Crippen molar-refractivity contribution in [3.05, 3.63) is 65.2 Å². The minimum Gasteiger partial charge on any atom is -0.406 e. The Balaban J connectivity index is 1.57. The second-order valence-corrected chi connectivity index (χ2v) is 5.69. The van der Waals surface area contributed by atoms with Gasteiger partial charge in [0.15, 0.2) is 0 Å². The summed E-state index contributed by atoms with van der Waals surface area (Å²) in [6.07, 6.45) is -4.29. The molecule has 0 fully saturated rings. The van der Waals surface area contributed by atoms with Crippen LogP contribution in [0.5, 0.6) is 5.75 Å². The molecule has 0 saturated heterocycles. The third kappa shape index (κ3) is 4.73. The first kappa shape index (κ1) is 17.3. The van der Waals surface area contributed by atoms with Gasteiger partial charge in [0.25, 0.3) is 5.91 Å². The van der Waals surface area contributed by atoms with Gasteiger partial charge in [-0.3, -0.25) is 4.79 Å². The van der Waals surface area contributed by atoms with Crippen molar-refractivity contribution < 1.29 is 27.4 Å². The average Bonchev–Trinajstić information content (AvgIpc) is 2.58. The van der Waals surface area contributed by atoms with E-state index in [0.29, 0.717) is 13.0 Å². The van der Waals surface area contributed by atoms with E-state index in [1.165, 1.54) is 17.7 Å². The zero-order valence-electron chi connectivity index (χ0n) is 13.2. The summed E-state index contributed by atoms with van der Waals surface area (Å²) in [6, 6.07) is 12.9. The smallest absolute Gasteiger partial charge is 0.406 e. The molecule has 1 aliphatic heterocycles. The van der Waals surface area contributed by atoms with Crippen LogP contribution in [-0.4, -0.2) is 24.9 Å². The number of carbonyl (C=O) groups is 1. The fraction of sp³-hybridized carbons (Fsp3) is 0.278. The summed E-state index contributed by atoms with van der Waals surface area (Å²) >= 11 is 0. The third-order valence-electron chi connectivity index (χ3n) is 3.86. The standard InChI is InChI=1S/C18H16F3NO3/c19-18(20,21)25-15-7-3-6-13(9-15)17(23)22-10-16-8-12-4-1-2-5-14(12)11-24-16/h1-7,9,16H,8,10-11H2,(H,22,23). The van der Waals surface area contributed by atoms with Crippen molar-refractivity contribution >= 4 is 5.91 Å². The lowest BCUT2D eigenvalue weighted by molar-refractivity contribution is -0.274. The van der Waals surface area contributed by atoms with Crippen LogP contribution in [0.4, 0.5) is 13.2 Å². The van der Waals surface area contributed by atoms with Crippen molar-refractivity contribution in [3.63, 3.8) is 0 Å². The highest BCUT2D eigenvalue weighted by atomic mass is 19.4. The van der Waals surface area contributed by atoms with E-state index in [2.05, 4.69) is 10.1 Å². The summed E-state index contributed by atoms with van der Waals surface area (Å²) < 4.78 is 46.3. The largest absolute Gasteiger partial charge is 0.573 e. The molecule has 1 unspecified atom stereocenters. The van der Waals surface area contributed by atoms with Gasteiger partial charge in [0, 0.05) is 18.5 Å². The van der Waals surface area contributed by atoms with E-state index in [4.69, 9.17) is 4.74 Å². The number of rotatable bonds is 4. The zero-order chi connectivity index (χ0) is 17.9. The van der Waals surface area contributed by atoms with Crippen molar-refractivity contribution in [2.45, 2.75) is 25.5 Å². The first-order valence-electron chi connectivity index (χ1n) is 7.73. The van der Waals surface area contributed by atoms with Crippen LogP contribution >= 0.6 is 0 Å². The predicted octanol–water partition coefficient (Wildman–Crippen LogP) is 3.46. The quantitative estimate of drug-likeness (QED) is 0.918. The second-order valence-electron chi connectivity index (χ2n) is 5.69. The Kier molecular flexibility index (Phi) is 4.94. The Bertz CT molecular complexity index is 761. The number of nitrogens with one attached hydrogen (secondary N) is 1. The molecule has 4 nitrogen and oxygen atoms in total. The summed E-state index contributed by atoms with van der Waals surface area (Å²) in [5.74, 6) is -0.905. The summed E-state index contributed by atoms with van der Waals surface area (Å²) in [5.41, 5.74) is 2.40. The molecule has 0 spiro atoms. The monoisotopic (exact) mass is 351 g/mol. The molecule has 0 bridgehead atoms. The first-order chi connectivity index (χ1) is 11.9. The first-order valence-corrected chi connectivity index (χ1v) is 7.73. The van der Waals surface area contributed by atoms with Crippen molar-refractivity contribution in [1.82, 2.24) is 5.32 Å². The Morgan fingerprint density at radius 1 is 1.16 bits per heavy atom. The fourth-order valence-electron chi connectivity index (χ4n) is 2.68. The van der Waals surface area contributed by atoms with E-state index in [0.717, 1.165) is 17.7 Å². The van der Waals surface area contributed by atoms with Gasteiger partial charge in [-0.25, -0.2) is 0 Å². The summed E-state index contributed by atoms with van der Waals surface area (Å²) in [6.45, 7) is 0.753. The Labute approximate surface area is 142 Å². The maximum Gasteiger partial charge on any atom is 0.573 e. The van der Waals surface area contributed by atoms with Crippen LogP contribution in [0, 0.1) is 0 Å². The molecule has 1 N–H and O–H groups in total. The summed E-state index contributed by atoms with van der Waals surface area (Å²) in [7, 11) is 0. The summed E-state index contributed by atoms with van der Waals surface area (Å²) in [4.78, 5) is 12.1. The van der Waals surface area contributed by atoms with Gasteiger partial charge in [0.2, 0.25) is 0 Å². The molecule has 132 valence electrons. The lowest BCUT2D eigenvalue weighted by Gasteiger charge is -2.25. The molecule has 25 heavy (non-hydrogen) atoms. The van der Waals surface area contributed by atoms with Crippen LogP contribution in [-0.2, 0) is 17.8 Å². The Morgan fingerprint density at radius 3 is 2.68 bits per heavy atom. The number of hydrogen-bond acceptors (Lipinski definition) is 3. The minimum absolute atomic E-state index is 0.0953. The molecular weight excluding hydrogens is 335 g/mol. The van der Waals surface area contributed by atoms with Crippen LogP contribution < -0.4 is 10.1 Å². The molecule has 7 heteroatoms. The molecule has 1 heterocycles. The maximum absolute atomic E-state index is 12.2. The highest BCUT2D eigenvalue weighted by Gasteiger charge is 2.31. The maximum atomic E-state index is 12.2. The molecule has 0 radical (unpaired) electrons. The van der Waals surface area contributed by atoms with Crippen molar-refractivity contribution in [2.24, 2.45) is 0 Å². The van der Waals surface area contributed by atoms with E-state index in [9.17, 15) is 18.0 Å². The van der Waals surface area contributed by atoms with Gasteiger partial charge in [-0.2, -0.15) is 0 Å². The van der Waals surface area contributed by atoms with Crippen molar-refractivity contribution in [2.75, 3.05) is 6.54 Å². The Hall–Kier alpha value is -2.54. The third-order valence-corrected chi connectivity index (χ3v) is 3.86. The molecule has 3 rings (SSSR count). The molecule has 2 aromatic carbocycles. The number of halogens is 3. The average molecular weight is 351 g/mol. The second kappa shape index (κ2) is 7.14. The number of alkyl halides is 3.